The average molecular weight is 227 g/mol. The first-order chi connectivity index (χ1) is 6.79. The normalized spacial score (nSPS) is 12.7. The summed E-state index contributed by atoms with van der Waals surface area (Å²) in [7, 11) is 0. The third kappa shape index (κ3) is 1.81. The highest BCUT2D eigenvalue weighted by molar-refractivity contribution is 7.10. The molecule has 1 aromatic carbocycles. The fourth-order valence-corrected chi connectivity index (χ4v) is 2.43. The Morgan fingerprint density at radius 3 is 2.43 bits per heavy atom. The number of thiophene rings is 1. The molecule has 72 valence electrons. The van der Waals surface area contributed by atoms with Gasteiger partial charge in [-0.1, -0.05) is 30.3 Å². The number of hydrogen-bond acceptors (Lipinski definition) is 1. The summed E-state index contributed by atoms with van der Waals surface area (Å²) in [5, 5.41) is 1.33. The van der Waals surface area contributed by atoms with Crippen molar-refractivity contribution in [3.63, 3.8) is 0 Å². The monoisotopic (exact) mass is 226 g/mol. The Bertz CT molecular complexity index is 410. The van der Waals surface area contributed by atoms with E-state index in [-0.39, 0.29) is 11.2 Å². The maximum atomic E-state index is 13.2. The molecule has 0 bridgehead atoms. The molecule has 0 saturated carbocycles. The van der Waals surface area contributed by atoms with Crippen LogP contribution in [0.1, 0.15) is 15.8 Å². The summed E-state index contributed by atoms with van der Waals surface area (Å²) in [6, 6.07) is 11.0. The smallest absolute Gasteiger partial charge is 0.138 e. The second-order valence-electron chi connectivity index (χ2n) is 2.91. The Hall–Kier alpha value is -0.860. The minimum atomic E-state index is -0.379. The zero-order valence-corrected chi connectivity index (χ0v) is 8.86. The first-order valence-electron chi connectivity index (χ1n) is 4.21. The zero-order valence-electron chi connectivity index (χ0n) is 7.28. The van der Waals surface area contributed by atoms with Crippen LogP contribution in [0.5, 0.6) is 0 Å². The van der Waals surface area contributed by atoms with Crippen molar-refractivity contribution in [1.29, 1.82) is 0 Å². The van der Waals surface area contributed by atoms with Gasteiger partial charge in [0.15, 0.2) is 0 Å². The van der Waals surface area contributed by atoms with Gasteiger partial charge < -0.3 is 0 Å². The van der Waals surface area contributed by atoms with Gasteiger partial charge in [-0.05, 0) is 17.0 Å². The van der Waals surface area contributed by atoms with Crippen LogP contribution < -0.4 is 0 Å². The van der Waals surface area contributed by atoms with Crippen LogP contribution in [-0.2, 0) is 0 Å². The lowest BCUT2D eigenvalue weighted by Crippen LogP contribution is -1.91. The van der Waals surface area contributed by atoms with E-state index in [9.17, 15) is 4.39 Å². The summed E-state index contributed by atoms with van der Waals surface area (Å²) < 4.78 is 13.2. The van der Waals surface area contributed by atoms with E-state index in [1.165, 1.54) is 17.4 Å². The lowest BCUT2D eigenvalue weighted by atomic mass is 10.1. The quantitative estimate of drug-likeness (QED) is 0.673. The third-order valence-electron chi connectivity index (χ3n) is 1.97. The van der Waals surface area contributed by atoms with E-state index in [1.54, 1.807) is 5.38 Å². The van der Waals surface area contributed by atoms with Crippen LogP contribution in [0.15, 0.2) is 41.8 Å². The van der Waals surface area contributed by atoms with E-state index in [0.29, 0.717) is 4.88 Å². The molecular weight excluding hydrogens is 219 g/mol. The number of halogens is 2. The number of hydrogen-bond donors (Lipinski definition) is 0. The fourth-order valence-electron chi connectivity index (χ4n) is 1.26. The molecule has 2 rings (SSSR count). The highest BCUT2D eigenvalue weighted by Crippen LogP contribution is 2.33. The van der Waals surface area contributed by atoms with Crippen LogP contribution in [0, 0.1) is 5.82 Å². The Labute approximate surface area is 91.0 Å². The zero-order chi connectivity index (χ0) is 9.97. The maximum Gasteiger partial charge on any atom is 0.138 e. The molecule has 0 radical (unpaired) electrons. The molecule has 0 fully saturated rings. The van der Waals surface area contributed by atoms with E-state index in [4.69, 9.17) is 11.6 Å². The predicted octanol–water partition coefficient (Wildman–Crippen LogP) is 4.22. The number of benzene rings is 1. The molecule has 0 nitrogen and oxygen atoms in total. The lowest BCUT2D eigenvalue weighted by Gasteiger charge is -2.07. The summed E-state index contributed by atoms with van der Waals surface area (Å²) in [6.45, 7) is 0. The Morgan fingerprint density at radius 1 is 1.14 bits per heavy atom. The van der Waals surface area contributed by atoms with E-state index in [0.717, 1.165) is 5.56 Å². The van der Waals surface area contributed by atoms with Gasteiger partial charge in [-0.3, -0.25) is 0 Å². The van der Waals surface area contributed by atoms with E-state index in [1.807, 2.05) is 30.3 Å². The van der Waals surface area contributed by atoms with Crippen molar-refractivity contribution < 1.29 is 4.39 Å². The minimum absolute atomic E-state index is 0.223. The minimum Gasteiger partial charge on any atom is -0.206 e. The first-order valence-corrected chi connectivity index (χ1v) is 5.52. The Kier molecular flexibility index (Phi) is 2.85. The van der Waals surface area contributed by atoms with Crippen molar-refractivity contribution in [2.24, 2.45) is 0 Å². The van der Waals surface area contributed by atoms with Crippen molar-refractivity contribution in [2.45, 2.75) is 5.38 Å². The van der Waals surface area contributed by atoms with Crippen LogP contribution in [0.2, 0.25) is 0 Å². The lowest BCUT2D eigenvalue weighted by molar-refractivity contribution is 0.620. The van der Waals surface area contributed by atoms with Gasteiger partial charge >= 0.3 is 0 Å². The van der Waals surface area contributed by atoms with Crippen LogP contribution in [0.4, 0.5) is 4.39 Å². The van der Waals surface area contributed by atoms with Gasteiger partial charge in [0, 0.05) is 0 Å². The molecule has 1 unspecified atom stereocenters. The van der Waals surface area contributed by atoms with Crippen molar-refractivity contribution in [3.8, 4) is 0 Å². The molecule has 1 aromatic heterocycles. The van der Waals surface area contributed by atoms with Gasteiger partial charge in [0.25, 0.3) is 0 Å². The maximum absolute atomic E-state index is 13.2. The van der Waals surface area contributed by atoms with Crippen LogP contribution in [0.3, 0.4) is 0 Å². The molecule has 0 aliphatic carbocycles. The van der Waals surface area contributed by atoms with Crippen LogP contribution in [0.25, 0.3) is 0 Å². The van der Waals surface area contributed by atoms with Gasteiger partial charge in [0.2, 0.25) is 0 Å². The van der Waals surface area contributed by atoms with Crippen LogP contribution in [-0.4, -0.2) is 0 Å². The molecule has 14 heavy (non-hydrogen) atoms. The molecule has 0 aliphatic heterocycles. The Morgan fingerprint density at radius 2 is 1.86 bits per heavy atom. The van der Waals surface area contributed by atoms with Gasteiger partial charge in [-0.15, -0.1) is 22.9 Å². The molecule has 0 amide bonds. The number of alkyl halides is 1. The third-order valence-corrected chi connectivity index (χ3v) is 3.52. The molecule has 0 spiro atoms. The summed E-state index contributed by atoms with van der Waals surface area (Å²) in [4.78, 5) is 0.581. The summed E-state index contributed by atoms with van der Waals surface area (Å²) in [5.41, 5.74) is 0.926. The first kappa shape index (κ1) is 9.69. The topological polar surface area (TPSA) is 0 Å². The molecule has 1 atom stereocenters. The van der Waals surface area contributed by atoms with Crippen LogP contribution >= 0.6 is 22.9 Å². The second kappa shape index (κ2) is 4.11. The van der Waals surface area contributed by atoms with Crippen molar-refractivity contribution in [3.05, 3.63) is 58.0 Å². The highest BCUT2D eigenvalue weighted by atomic mass is 35.5. The molecule has 2 aromatic rings. The van der Waals surface area contributed by atoms with Crippen molar-refractivity contribution in [2.75, 3.05) is 0 Å². The second-order valence-corrected chi connectivity index (χ2v) is 4.29. The van der Waals surface area contributed by atoms with Gasteiger partial charge in [0.05, 0.1) is 10.3 Å². The molecule has 0 aliphatic rings. The van der Waals surface area contributed by atoms with E-state index >= 15 is 0 Å². The molecule has 3 heteroatoms. The van der Waals surface area contributed by atoms with Gasteiger partial charge in [0.1, 0.15) is 5.82 Å². The Balaban J connectivity index is 2.34. The fraction of sp³-hybridized carbons (Fsp3) is 0.0909. The SMILES string of the molecule is Fc1ccsc1C(Cl)c1ccccc1. The summed E-state index contributed by atoms with van der Waals surface area (Å²) in [5.74, 6) is -0.223. The van der Waals surface area contributed by atoms with E-state index in [2.05, 4.69) is 0 Å². The standard InChI is InChI=1S/C11H8ClFS/c12-10(8-4-2-1-3-5-8)11-9(13)6-7-14-11/h1-7,10H. The van der Waals surface area contributed by atoms with Gasteiger partial charge in [-0.2, -0.15) is 0 Å². The summed E-state index contributed by atoms with van der Waals surface area (Å²) in [6.07, 6.45) is 0. The molecular formula is C11H8ClFS. The van der Waals surface area contributed by atoms with Gasteiger partial charge in [-0.25, -0.2) is 4.39 Å². The molecule has 0 N–H and O–H groups in total. The van der Waals surface area contributed by atoms with Crippen molar-refractivity contribution >= 4 is 22.9 Å². The molecule has 1 heterocycles. The van der Waals surface area contributed by atoms with Crippen molar-refractivity contribution in [1.82, 2.24) is 0 Å². The predicted molar refractivity (Wildman–Crippen MR) is 58.4 cm³/mol. The average Bonchev–Trinajstić information content (AvgIpc) is 2.65. The largest absolute Gasteiger partial charge is 0.206 e. The summed E-state index contributed by atoms with van der Waals surface area (Å²) >= 11 is 7.49. The highest BCUT2D eigenvalue weighted by Gasteiger charge is 2.15. The van der Waals surface area contributed by atoms with E-state index < -0.39 is 0 Å². The molecule has 0 saturated heterocycles. The number of rotatable bonds is 2.